The highest BCUT2D eigenvalue weighted by molar-refractivity contribution is 7.07. The molecule has 1 aromatic heterocycles. The van der Waals surface area contributed by atoms with Crippen molar-refractivity contribution in [2.45, 2.75) is 39.8 Å². The lowest BCUT2D eigenvalue weighted by atomic mass is 9.96. The van der Waals surface area contributed by atoms with Crippen LogP contribution in [-0.4, -0.2) is 38.2 Å². The predicted octanol–water partition coefficient (Wildman–Crippen LogP) is 3.11. The minimum atomic E-state index is -1.09. The molecular formula is C26H24N4O9S. The zero-order valence-electron chi connectivity index (χ0n) is 21.8. The lowest BCUT2D eigenvalue weighted by molar-refractivity contribution is -0.396. The number of aromatic nitrogens is 1. The summed E-state index contributed by atoms with van der Waals surface area (Å²) in [6.45, 7) is 7.15. The number of carbonyl (C=O) groups is 1. The lowest BCUT2D eigenvalue weighted by Gasteiger charge is -2.25. The van der Waals surface area contributed by atoms with Crippen LogP contribution in [0, 0.1) is 20.2 Å². The van der Waals surface area contributed by atoms with Gasteiger partial charge < -0.3 is 14.6 Å². The molecule has 4 rings (SSSR count). The van der Waals surface area contributed by atoms with Crippen LogP contribution in [0.15, 0.2) is 57.5 Å². The summed E-state index contributed by atoms with van der Waals surface area (Å²) < 4.78 is 12.3. The zero-order valence-corrected chi connectivity index (χ0v) is 22.6. The Balaban J connectivity index is 1.94. The van der Waals surface area contributed by atoms with Crippen molar-refractivity contribution in [2.75, 3.05) is 6.61 Å². The number of benzene rings is 2. The number of fused-ring (bicyclic) bond motifs is 1. The molecule has 2 heterocycles. The zero-order chi connectivity index (χ0) is 29.3. The van der Waals surface area contributed by atoms with Gasteiger partial charge >= 0.3 is 17.3 Å². The highest BCUT2D eigenvalue weighted by Gasteiger charge is 2.33. The average molecular weight is 569 g/mol. The van der Waals surface area contributed by atoms with E-state index < -0.39 is 44.5 Å². The number of thiazole rings is 1. The number of phenolic OH excluding ortho intramolecular Hbond substituents is 1. The number of nitrogens with zero attached hydrogens (tertiary/aromatic N) is 4. The second-order valence-electron chi connectivity index (χ2n) is 8.96. The Morgan fingerprint density at radius 1 is 1.18 bits per heavy atom. The Kier molecular flexibility index (Phi) is 7.81. The van der Waals surface area contributed by atoms with E-state index in [0.29, 0.717) is 17.0 Å². The third-order valence-corrected chi connectivity index (χ3v) is 6.85. The van der Waals surface area contributed by atoms with E-state index in [-0.39, 0.29) is 33.2 Å². The largest absolute Gasteiger partial charge is 0.497 e. The molecule has 0 radical (unpaired) electrons. The second kappa shape index (κ2) is 11.1. The number of aromatic hydroxyl groups is 1. The molecule has 0 fully saturated rings. The van der Waals surface area contributed by atoms with E-state index in [4.69, 9.17) is 9.47 Å². The SMILES string of the molecule is CCOC(=O)C1=C(C)N=c2s/c(=C\c3cc([N+](=O)[O-])c(O)c([N+](=O)[O-])c3)c(=O)n2[C@@H]1c1ccc(OC(C)C)cc1. The van der Waals surface area contributed by atoms with Gasteiger partial charge in [-0.15, -0.1) is 0 Å². The minimum absolute atomic E-state index is 0.0467. The molecule has 0 saturated carbocycles. The highest BCUT2D eigenvalue weighted by Crippen LogP contribution is 2.37. The van der Waals surface area contributed by atoms with Gasteiger partial charge in [-0.3, -0.25) is 29.6 Å². The summed E-state index contributed by atoms with van der Waals surface area (Å²) >= 11 is 0.945. The normalized spacial score (nSPS) is 15.0. The number of carbonyl (C=O) groups excluding carboxylic acids is 1. The molecule has 208 valence electrons. The van der Waals surface area contributed by atoms with Crippen LogP contribution in [0.2, 0.25) is 0 Å². The van der Waals surface area contributed by atoms with Crippen LogP contribution >= 0.6 is 11.3 Å². The van der Waals surface area contributed by atoms with Crippen molar-refractivity contribution >= 4 is 34.8 Å². The van der Waals surface area contributed by atoms with Gasteiger partial charge in [0.25, 0.3) is 11.3 Å². The molecule has 13 nitrogen and oxygen atoms in total. The number of hydrogen-bond donors (Lipinski definition) is 1. The van der Waals surface area contributed by atoms with E-state index in [2.05, 4.69) is 4.99 Å². The van der Waals surface area contributed by atoms with E-state index in [1.807, 2.05) is 13.8 Å². The van der Waals surface area contributed by atoms with E-state index in [1.54, 1.807) is 38.1 Å². The van der Waals surface area contributed by atoms with Crippen LogP contribution < -0.4 is 19.6 Å². The van der Waals surface area contributed by atoms with Gasteiger partial charge in [-0.2, -0.15) is 0 Å². The number of esters is 1. The van der Waals surface area contributed by atoms with Crippen molar-refractivity contribution in [3.63, 3.8) is 0 Å². The molecule has 0 bridgehead atoms. The maximum absolute atomic E-state index is 13.7. The van der Waals surface area contributed by atoms with Crippen LogP contribution in [0.5, 0.6) is 11.5 Å². The molecule has 0 aliphatic carbocycles. The smallest absolute Gasteiger partial charge is 0.338 e. The van der Waals surface area contributed by atoms with Crippen LogP contribution in [0.3, 0.4) is 0 Å². The van der Waals surface area contributed by atoms with Gasteiger partial charge in [0.15, 0.2) is 4.80 Å². The molecule has 2 aromatic carbocycles. The van der Waals surface area contributed by atoms with E-state index in [1.165, 1.54) is 10.6 Å². The van der Waals surface area contributed by atoms with Crippen molar-refractivity contribution < 1.29 is 29.2 Å². The third-order valence-electron chi connectivity index (χ3n) is 5.87. The molecule has 0 unspecified atom stereocenters. The Morgan fingerprint density at radius 2 is 1.77 bits per heavy atom. The first-order valence-corrected chi connectivity index (χ1v) is 12.9. The quantitative estimate of drug-likeness (QED) is 0.243. The third kappa shape index (κ3) is 5.33. The molecule has 0 saturated heterocycles. The molecule has 1 aliphatic heterocycles. The molecule has 1 atom stereocenters. The van der Waals surface area contributed by atoms with Crippen LogP contribution in [0.25, 0.3) is 6.08 Å². The fraction of sp³-hybridized carbons (Fsp3) is 0.269. The highest BCUT2D eigenvalue weighted by atomic mass is 32.1. The molecular weight excluding hydrogens is 544 g/mol. The lowest BCUT2D eigenvalue weighted by Crippen LogP contribution is -2.39. The van der Waals surface area contributed by atoms with E-state index >= 15 is 0 Å². The summed E-state index contributed by atoms with van der Waals surface area (Å²) in [7, 11) is 0. The van der Waals surface area contributed by atoms with Gasteiger partial charge in [-0.05, 0) is 57.0 Å². The molecule has 40 heavy (non-hydrogen) atoms. The number of nitro groups is 2. The Bertz CT molecular complexity index is 1700. The Hall–Kier alpha value is -4.85. The molecule has 3 aromatic rings. The van der Waals surface area contributed by atoms with E-state index in [0.717, 1.165) is 23.5 Å². The standard InChI is InChI=1S/C26H24N4O9S/c1-5-38-25(33)21-14(4)27-26-28(22(21)16-6-8-17(9-7-16)39-13(2)3)24(32)20(40-26)12-15-10-18(29(34)35)23(31)19(11-15)30(36)37/h6-13,22,31H,5H2,1-4H3/b20-12-/t22-/m1/s1. The fourth-order valence-electron chi connectivity index (χ4n) is 4.25. The Labute approximate surface area is 230 Å². The van der Waals surface area contributed by atoms with Gasteiger partial charge in [-0.1, -0.05) is 23.5 Å². The van der Waals surface area contributed by atoms with Crippen LogP contribution in [-0.2, 0) is 9.53 Å². The van der Waals surface area contributed by atoms with Crippen molar-refractivity contribution in [2.24, 2.45) is 4.99 Å². The molecule has 0 amide bonds. The van der Waals surface area contributed by atoms with Crippen molar-refractivity contribution in [1.29, 1.82) is 0 Å². The number of phenols is 1. The number of hydrogen-bond acceptors (Lipinski definition) is 11. The number of allylic oxidation sites excluding steroid dienone is 1. The maximum Gasteiger partial charge on any atom is 0.338 e. The summed E-state index contributed by atoms with van der Waals surface area (Å²) in [5.41, 5.74) is -1.30. The van der Waals surface area contributed by atoms with Gasteiger partial charge in [-0.25, -0.2) is 9.79 Å². The number of ether oxygens (including phenoxy) is 2. The molecule has 1 N–H and O–H groups in total. The van der Waals surface area contributed by atoms with Crippen molar-refractivity contribution in [1.82, 2.24) is 4.57 Å². The minimum Gasteiger partial charge on any atom is -0.497 e. The summed E-state index contributed by atoms with van der Waals surface area (Å²) in [6.07, 6.45) is 1.18. The van der Waals surface area contributed by atoms with Gasteiger partial charge in [0.2, 0.25) is 0 Å². The van der Waals surface area contributed by atoms with E-state index in [9.17, 15) is 34.9 Å². The summed E-state index contributed by atoms with van der Waals surface area (Å²) in [5.74, 6) is -1.14. The Morgan fingerprint density at radius 3 is 2.30 bits per heavy atom. The molecule has 14 heteroatoms. The van der Waals surface area contributed by atoms with Crippen molar-refractivity contribution in [3.8, 4) is 11.5 Å². The van der Waals surface area contributed by atoms with Gasteiger partial charge in [0.1, 0.15) is 5.75 Å². The van der Waals surface area contributed by atoms with Crippen LogP contribution in [0.4, 0.5) is 11.4 Å². The maximum atomic E-state index is 13.7. The summed E-state index contributed by atoms with van der Waals surface area (Å²) in [5, 5.41) is 32.7. The van der Waals surface area contributed by atoms with Gasteiger partial charge in [0, 0.05) is 12.1 Å². The monoisotopic (exact) mass is 568 g/mol. The first kappa shape index (κ1) is 28.2. The first-order chi connectivity index (χ1) is 18.9. The van der Waals surface area contributed by atoms with Gasteiger partial charge in [0.05, 0.1) is 44.4 Å². The predicted molar refractivity (Wildman–Crippen MR) is 144 cm³/mol. The average Bonchev–Trinajstić information content (AvgIpc) is 3.18. The first-order valence-electron chi connectivity index (χ1n) is 12.0. The second-order valence-corrected chi connectivity index (χ2v) is 9.97. The topological polar surface area (TPSA) is 176 Å². The summed E-state index contributed by atoms with van der Waals surface area (Å²) in [6, 6.07) is 7.85. The summed E-state index contributed by atoms with van der Waals surface area (Å²) in [4.78, 5) is 52.3. The fourth-order valence-corrected chi connectivity index (χ4v) is 5.29. The molecule has 0 spiro atoms. The molecule has 1 aliphatic rings. The van der Waals surface area contributed by atoms with Crippen molar-refractivity contribution in [3.05, 3.63) is 98.7 Å². The number of nitro benzene ring substituents is 2. The van der Waals surface area contributed by atoms with Crippen LogP contribution in [0.1, 0.15) is 44.9 Å². The number of rotatable bonds is 8.